The zero-order chi connectivity index (χ0) is 21.1. The van der Waals surface area contributed by atoms with Crippen molar-refractivity contribution in [1.82, 2.24) is 0 Å². The van der Waals surface area contributed by atoms with Gasteiger partial charge in [0.15, 0.2) is 0 Å². The topological polar surface area (TPSA) is 52.4 Å². The van der Waals surface area contributed by atoms with Gasteiger partial charge in [0, 0.05) is 12.1 Å². The highest BCUT2D eigenvalue weighted by molar-refractivity contribution is 6.99. The zero-order valence-corrected chi connectivity index (χ0v) is 18.4. The molecule has 0 aliphatic carbocycles. The summed E-state index contributed by atoms with van der Waals surface area (Å²) in [6.07, 6.45) is 0. The van der Waals surface area contributed by atoms with Crippen LogP contribution in [0.5, 0.6) is 0 Å². The highest BCUT2D eigenvalue weighted by atomic mass is 28.4. The molecule has 0 amide bonds. The van der Waals surface area contributed by atoms with Crippen LogP contribution in [-0.4, -0.2) is 13.2 Å². The van der Waals surface area contributed by atoms with E-state index < -0.39 is 8.32 Å². The molecule has 0 heterocycles. The molecule has 3 aromatic rings. The molecular weight excluding hydrogens is 378 g/mol. The van der Waals surface area contributed by atoms with Gasteiger partial charge in [0.25, 0.3) is 14.0 Å². The predicted octanol–water partition coefficient (Wildman–Crippen LogP) is 4.98. The van der Waals surface area contributed by atoms with Crippen molar-refractivity contribution in [3.8, 4) is 0 Å². The Labute approximate surface area is 173 Å². The van der Waals surface area contributed by atoms with Crippen LogP contribution in [0.3, 0.4) is 0 Å². The maximum Gasteiger partial charge on any atom is 0.269 e. The Morgan fingerprint density at radius 2 is 1.41 bits per heavy atom. The fourth-order valence-electron chi connectivity index (χ4n) is 3.90. The van der Waals surface area contributed by atoms with Crippen molar-refractivity contribution < 1.29 is 9.35 Å². The van der Waals surface area contributed by atoms with Crippen molar-refractivity contribution in [2.24, 2.45) is 0 Å². The molecule has 0 saturated heterocycles. The second-order valence-electron chi connectivity index (χ2n) is 8.32. The largest absolute Gasteiger partial charge is 0.403 e. The Hall–Kier alpha value is -2.76. The van der Waals surface area contributed by atoms with Gasteiger partial charge in [0.2, 0.25) is 0 Å². The molecule has 0 aliphatic rings. The van der Waals surface area contributed by atoms with Crippen LogP contribution >= 0.6 is 0 Å². The van der Waals surface area contributed by atoms with Gasteiger partial charge in [-0.2, -0.15) is 0 Å². The zero-order valence-electron chi connectivity index (χ0n) is 17.4. The summed E-state index contributed by atoms with van der Waals surface area (Å²) in [6, 6.07) is 25.9. The molecule has 5 heteroatoms. The van der Waals surface area contributed by atoms with Crippen molar-refractivity contribution in [2.75, 3.05) is 0 Å². The van der Waals surface area contributed by atoms with E-state index >= 15 is 0 Å². The minimum absolute atomic E-state index is 0.107. The van der Waals surface area contributed by atoms with Gasteiger partial charge in [0.1, 0.15) is 0 Å². The van der Waals surface area contributed by atoms with Crippen LogP contribution in [0.4, 0.5) is 5.69 Å². The van der Waals surface area contributed by atoms with Crippen LogP contribution in [0.2, 0.25) is 5.04 Å². The maximum atomic E-state index is 11.1. The number of hydrogen-bond acceptors (Lipinski definition) is 3. The van der Waals surface area contributed by atoms with Gasteiger partial charge in [-0.15, -0.1) is 0 Å². The third kappa shape index (κ3) is 4.16. The van der Waals surface area contributed by atoms with E-state index in [-0.39, 0.29) is 15.6 Å². The number of nitrogens with zero attached hydrogens (tertiary/aromatic N) is 1. The molecule has 0 aromatic heterocycles. The van der Waals surface area contributed by atoms with Crippen LogP contribution in [-0.2, 0) is 11.0 Å². The molecule has 0 radical (unpaired) electrons. The van der Waals surface area contributed by atoms with E-state index in [2.05, 4.69) is 69.3 Å². The van der Waals surface area contributed by atoms with Crippen LogP contribution < -0.4 is 10.4 Å². The molecule has 3 aromatic carbocycles. The number of hydrogen-bond donors (Lipinski definition) is 0. The Bertz CT molecular complexity index is 943. The third-order valence-electron chi connectivity index (χ3n) is 5.40. The normalized spacial score (nSPS) is 12.0. The number of non-ortho nitro benzene ring substituents is 1. The van der Waals surface area contributed by atoms with Crippen LogP contribution in [0, 0.1) is 17.0 Å². The van der Waals surface area contributed by atoms with Gasteiger partial charge >= 0.3 is 0 Å². The molecule has 0 aliphatic heterocycles. The minimum atomic E-state index is -2.62. The summed E-state index contributed by atoms with van der Waals surface area (Å²) in [5, 5.41) is 13.4. The molecule has 29 heavy (non-hydrogen) atoms. The molecule has 0 N–H and O–H groups in total. The molecule has 0 bridgehead atoms. The molecule has 4 nitrogen and oxygen atoms in total. The van der Waals surface area contributed by atoms with E-state index in [4.69, 9.17) is 4.43 Å². The van der Waals surface area contributed by atoms with Crippen LogP contribution in [0.1, 0.15) is 31.9 Å². The molecule has 3 rings (SSSR count). The average Bonchev–Trinajstić information content (AvgIpc) is 2.70. The predicted molar refractivity (Wildman–Crippen MR) is 120 cm³/mol. The summed E-state index contributed by atoms with van der Waals surface area (Å²) in [5.74, 6) is 0. The first-order valence-electron chi connectivity index (χ1n) is 9.74. The first-order chi connectivity index (χ1) is 13.8. The number of nitro benzene ring substituents is 1. The minimum Gasteiger partial charge on any atom is -0.403 e. The molecule has 0 saturated carbocycles. The first-order valence-corrected chi connectivity index (χ1v) is 11.7. The fraction of sp³-hybridized carbons (Fsp3) is 0.250. The fourth-order valence-corrected chi connectivity index (χ4v) is 8.43. The molecule has 0 unspecified atom stereocenters. The SMILES string of the molecule is Cc1cc([N+](=O)[O-])ccc1CO[Si](c1ccccc1)(c1ccccc1)C(C)(C)C. The quantitative estimate of drug-likeness (QED) is 0.330. The van der Waals surface area contributed by atoms with Gasteiger partial charge in [-0.1, -0.05) is 81.4 Å². The molecule has 0 atom stereocenters. The standard InChI is InChI=1S/C24H27NO3Si/c1-19-17-21(25(26)27)16-15-20(19)18-28-29(24(2,3)4,22-11-7-5-8-12-22)23-13-9-6-10-14-23/h5-17H,18H2,1-4H3. The second kappa shape index (κ2) is 8.31. The van der Waals surface area contributed by atoms with E-state index in [1.807, 2.05) is 25.1 Å². The number of benzene rings is 3. The molecule has 0 fully saturated rings. The van der Waals surface area contributed by atoms with E-state index in [1.165, 1.54) is 10.4 Å². The lowest BCUT2D eigenvalue weighted by Gasteiger charge is -2.43. The smallest absolute Gasteiger partial charge is 0.269 e. The van der Waals surface area contributed by atoms with Crippen molar-refractivity contribution in [3.63, 3.8) is 0 Å². The Morgan fingerprint density at radius 3 is 1.83 bits per heavy atom. The molecule has 150 valence electrons. The lowest BCUT2D eigenvalue weighted by molar-refractivity contribution is -0.384. The average molecular weight is 406 g/mol. The number of nitro groups is 1. The van der Waals surface area contributed by atoms with E-state index in [0.717, 1.165) is 11.1 Å². The lowest BCUT2D eigenvalue weighted by atomic mass is 10.1. The van der Waals surface area contributed by atoms with Gasteiger partial charge in [-0.3, -0.25) is 10.1 Å². The van der Waals surface area contributed by atoms with Crippen molar-refractivity contribution in [1.29, 1.82) is 0 Å². The van der Waals surface area contributed by atoms with Gasteiger partial charge < -0.3 is 4.43 Å². The first kappa shape index (κ1) is 21.0. The highest BCUT2D eigenvalue weighted by Crippen LogP contribution is 2.37. The van der Waals surface area contributed by atoms with Gasteiger partial charge in [0.05, 0.1) is 11.5 Å². The second-order valence-corrected chi connectivity index (χ2v) is 12.6. The summed E-state index contributed by atoms with van der Waals surface area (Å²) in [5.41, 5.74) is 1.96. The van der Waals surface area contributed by atoms with E-state index in [1.54, 1.807) is 12.1 Å². The highest BCUT2D eigenvalue weighted by Gasteiger charge is 2.50. The van der Waals surface area contributed by atoms with Crippen LogP contribution in [0.25, 0.3) is 0 Å². The van der Waals surface area contributed by atoms with Crippen molar-refractivity contribution in [2.45, 2.75) is 39.3 Å². The Balaban J connectivity index is 2.08. The lowest BCUT2D eigenvalue weighted by Crippen LogP contribution is -2.66. The van der Waals surface area contributed by atoms with Gasteiger partial charge in [-0.05, 0) is 39.5 Å². The summed E-state index contributed by atoms with van der Waals surface area (Å²) < 4.78 is 6.90. The monoisotopic (exact) mass is 405 g/mol. The van der Waals surface area contributed by atoms with Crippen molar-refractivity contribution >= 4 is 24.4 Å². The van der Waals surface area contributed by atoms with Crippen LogP contribution in [0.15, 0.2) is 78.9 Å². The molecule has 0 spiro atoms. The maximum absolute atomic E-state index is 11.1. The Morgan fingerprint density at radius 1 is 0.897 bits per heavy atom. The van der Waals surface area contributed by atoms with E-state index in [0.29, 0.717) is 6.61 Å². The summed E-state index contributed by atoms with van der Waals surface area (Å²) in [4.78, 5) is 10.7. The molecular formula is C24H27NO3Si. The Kier molecular flexibility index (Phi) is 6.01. The van der Waals surface area contributed by atoms with E-state index in [9.17, 15) is 10.1 Å². The number of aryl methyl sites for hydroxylation is 1. The summed E-state index contributed by atoms with van der Waals surface area (Å²) in [7, 11) is -2.62. The number of rotatable bonds is 6. The third-order valence-corrected chi connectivity index (χ3v) is 10.4. The summed E-state index contributed by atoms with van der Waals surface area (Å²) in [6.45, 7) is 9.03. The van der Waals surface area contributed by atoms with Crippen molar-refractivity contribution in [3.05, 3.63) is 100 Å². The van der Waals surface area contributed by atoms with Gasteiger partial charge in [-0.25, -0.2) is 0 Å². The summed E-state index contributed by atoms with van der Waals surface area (Å²) >= 11 is 0.